The number of rotatable bonds is 62. The molecule has 0 saturated carbocycles. The normalized spacial score (nSPS) is 13.7. The zero-order valence-electron chi connectivity index (χ0n) is 52.2. The molecular weight excluding hydrogens is 1030 g/mol. The van der Waals surface area contributed by atoms with Gasteiger partial charge in [-0.3, -0.25) is 18.6 Å². The molecule has 0 radical (unpaired) electrons. The van der Waals surface area contributed by atoms with Crippen LogP contribution < -0.4 is 5.73 Å². The molecule has 0 aliphatic heterocycles. The van der Waals surface area contributed by atoms with Crippen LogP contribution in [0.15, 0.2) is 109 Å². The Morgan fingerprint density at radius 1 is 0.383 bits per heavy atom. The van der Waals surface area contributed by atoms with Crippen molar-refractivity contribution in [2.45, 2.75) is 302 Å². The topological polar surface area (TPSA) is 134 Å². The Hall–Kier alpha value is -3.33. The molecule has 0 aromatic rings. The van der Waals surface area contributed by atoms with Crippen molar-refractivity contribution in [3.8, 4) is 0 Å². The lowest BCUT2D eigenvalue weighted by atomic mass is 10.0. The third kappa shape index (κ3) is 65.7. The van der Waals surface area contributed by atoms with E-state index in [2.05, 4.69) is 123 Å². The van der Waals surface area contributed by atoms with E-state index < -0.39 is 26.5 Å². The van der Waals surface area contributed by atoms with Crippen molar-refractivity contribution in [1.82, 2.24) is 0 Å². The maximum Gasteiger partial charge on any atom is 0.472 e. The van der Waals surface area contributed by atoms with Gasteiger partial charge in [-0.1, -0.05) is 290 Å². The average molecular weight is 1150 g/mol. The first kappa shape index (κ1) is 77.7. The van der Waals surface area contributed by atoms with Crippen molar-refractivity contribution in [2.75, 3.05) is 26.4 Å². The molecule has 2 atom stereocenters. The molecule has 2 unspecified atom stereocenters. The summed E-state index contributed by atoms with van der Waals surface area (Å²) in [6.45, 7) is 3.60. The van der Waals surface area contributed by atoms with E-state index in [0.29, 0.717) is 6.42 Å². The molecular formula is C71H124NO8P. The van der Waals surface area contributed by atoms with Crippen LogP contribution in [-0.4, -0.2) is 49.3 Å². The van der Waals surface area contributed by atoms with Crippen molar-refractivity contribution in [3.05, 3.63) is 109 Å². The number of phosphoric ester groups is 1. The smallest absolute Gasteiger partial charge is 0.462 e. The van der Waals surface area contributed by atoms with Crippen LogP contribution in [0.25, 0.3) is 0 Å². The van der Waals surface area contributed by atoms with Gasteiger partial charge in [0.05, 0.1) is 13.2 Å². The van der Waals surface area contributed by atoms with Gasteiger partial charge in [0.15, 0.2) is 6.10 Å². The summed E-state index contributed by atoms with van der Waals surface area (Å²) >= 11 is 0. The Labute approximate surface area is 499 Å². The molecule has 0 saturated heterocycles. The van der Waals surface area contributed by atoms with Gasteiger partial charge in [0.2, 0.25) is 0 Å². The second-order valence-electron chi connectivity index (χ2n) is 22.0. The predicted octanol–water partition coefficient (Wildman–Crippen LogP) is 21.7. The molecule has 0 fully saturated rings. The Balaban J connectivity index is 3.88. The number of unbranched alkanes of at least 4 members (excludes halogenated alkanes) is 31. The van der Waals surface area contributed by atoms with Gasteiger partial charge in [-0.25, -0.2) is 4.57 Å². The fraction of sp³-hybridized carbons (Fsp3) is 0.718. The second-order valence-corrected chi connectivity index (χ2v) is 23.4. The van der Waals surface area contributed by atoms with E-state index in [9.17, 15) is 19.0 Å². The average Bonchev–Trinajstić information content (AvgIpc) is 3.46. The Kier molecular flexibility index (Phi) is 63.1. The lowest BCUT2D eigenvalue weighted by Crippen LogP contribution is -2.29. The summed E-state index contributed by atoms with van der Waals surface area (Å²) in [5.74, 6) is -0.853. The highest BCUT2D eigenvalue weighted by atomic mass is 31.2. The lowest BCUT2D eigenvalue weighted by Gasteiger charge is -2.19. The van der Waals surface area contributed by atoms with Crippen molar-refractivity contribution in [1.29, 1.82) is 0 Å². The number of allylic oxidation sites excluding steroid dienone is 18. The predicted molar refractivity (Wildman–Crippen MR) is 348 cm³/mol. The summed E-state index contributed by atoms with van der Waals surface area (Å²) < 4.78 is 33.1. The van der Waals surface area contributed by atoms with Crippen molar-refractivity contribution in [3.63, 3.8) is 0 Å². The van der Waals surface area contributed by atoms with Crippen LogP contribution in [0.1, 0.15) is 296 Å². The summed E-state index contributed by atoms with van der Waals surface area (Å²) in [4.78, 5) is 35.3. The lowest BCUT2D eigenvalue weighted by molar-refractivity contribution is -0.161. The number of phosphoric acid groups is 1. The van der Waals surface area contributed by atoms with Crippen LogP contribution >= 0.6 is 7.82 Å². The molecule has 0 aromatic heterocycles. The van der Waals surface area contributed by atoms with Gasteiger partial charge in [-0.15, -0.1) is 0 Å². The summed E-state index contributed by atoms with van der Waals surface area (Å²) in [5.41, 5.74) is 5.39. The van der Waals surface area contributed by atoms with Crippen molar-refractivity contribution in [2.24, 2.45) is 5.73 Å². The van der Waals surface area contributed by atoms with Crippen LogP contribution in [0.2, 0.25) is 0 Å². The fourth-order valence-corrected chi connectivity index (χ4v) is 10.0. The second kappa shape index (κ2) is 65.8. The van der Waals surface area contributed by atoms with Crippen molar-refractivity contribution < 1.29 is 37.6 Å². The van der Waals surface area contributed by atoms with Gasteiger partial charge < -0.3 is 20.1 Å². The van der Waals surface area contributed by atoms with Gasteiger partial charge in [-0.05, 0) is 103 Å². The third-order valence-corrected chi connectivity index (χ3v) is 15.1. The number of ether oxygens (including phenoxy) is 2. The van der Waals surface area contributed by atoms with E-state index in [4.69, 9.17) is 24.3 Å². The summed E-state index contributed by atoms with van der Waals surface area (Å²) in [6.07, 6.45) is 90.4. The monoisotopic (exact) mass is 1150 g/mol. The van der Waals surface area contributed by atoms with Gasteiger partial charge in [-0.2, -0.15) is 0 Å². The molecule has 466 valence electrons. The highest BCUT2D eigenvalue weighted by Crippen LogP contribution is 2.43. The van der Waals surface area contributed by atoms with Gasteiger partial charge >= 0.3 is 19.8 Å². The maximum atomic E-state index is 12.7. The minimum absolute atomic E-state index is 0.0447. The first-order valence-corrected chi connectivity index (χ1v) is 34.9. The minimum atomic E-state index is -4.40. The molecule has 9 nitrogen and oxygen atoms in total. The first-order valence-electron chi connectivity index (χ1n) is 33.4. The molecule has 0 bridgehead atoms. The van der Waals surface area contributed by atoms with E-state index in [0.717, 1.165) is 96.3 Å². The molecule has 0 spiro atoms. The number of hydrogen-bond donors (Lipinski definition) is 2. The minimum Gasteiger partial charge on any atom is -0.462 e. The fourth-order valence-electron chi connectivity index (χ4n) is 9.24. The molecule has 10 heteroatoms. The standard InChI is InChI=1S/C71H124NO8P/c1-3-5-7-9-11-13-15-17-19-21-23-25-27-28-29-30-31-32-33-34-35-36-37-38-39-40-42-43-45-47-49-51-53-55-57-59-61-63-70(73)77-67-69(68-79-81(75,76)78-66-65-72)80-71(74)64-62-60-58-56-54-52-50-48-46-44-41-26-24-22-20-18-16-14-12-10-8-6-4-2/h6,8,12,14-15,17-18,20-21,23-24,26-28,44,46,50,52,69H,3-5,7,9-11,13,16,19,22,25,29-43,45,47-49,51,53-68,72H2,1-2H3,(H,75,76)/b8-6-,14-12-,17-15-,20-18-,23-21-,26-24-,28-27-,46-44-,52-50-. The Bertz CT molecular complexity index is 1690. The largest absolute Gasteiger partial charge is 0.472 e. The van der Waals surface area contributed by atoms with Crippen LogP contribution in [0.4, 0.5) is 0 Å². The third-order valence-electron chi connectivity index (χ3n) is 14.1. The highest BCUT2D eigenvalue weighted by molar-refractivity contribution is 7.47. The zero-order valence-corrected chi connectivity index (χ0v) is 53.1. The Morgan fingerprint density at radius 3 is 1.01 bits per heavy atom. The van der Waals surface area contributed by atoms with E-state index in [1.807, 2.05) is 0 Å². The molecule has 0 aromatic carbocycles. The summed E-state index contributed by atoms with van der Waals surface area (Å²) in [5, 5.41) is 0. The SMILES string of the molecule is CC/C=C\C/C=C\C/C=C\C/C=C\C/C=C\C/C=C\CCCCCCC(=O)OC(COC(=O)CCCCCCCCCCCCCCCCCCCCCCCC/C=C\C/C=C\C/C=C\CCCCCCC)COP(=O)(O)OCCN. The van der Waals surface area contributed by atoms with E-state index in [-0.39, 0.29) is 38.6 Å². The van der Waals surface area contributed by atoms with Crippen LogP contribution in [-0.2, 0) is 32.7 Å². The molecule has 0 aliphatic rings. The summed E-state index contributed by atoms with van der Waals surface area (Å²) in [7, 11) is -4.40. The van der Waals surface area contributed by atoms with E-state index >= 15 is 0 Å². The molecule has 0 heterocycles. The van der Waals surface area contributed by atoms with Crippen molar-refractivity contribution >= 4 is 19.8 Å². The van der Waals surface area contributed by atoms with E-state index in [1.54, 1.807) is 0 Å². The highest BCUT2D eigenvalue weighted by Gasteiger charge is 2.26. The Morgan fingerprint density at radius 2 is 0.679 bits per heavy atom. The molecule has 3 N–H and O–H groups in total. The number of carbonyl (C=O) groups is 2. The molecule has 0 aliphatic carbocycles. The van der Waals surface area contributed by atoms with E-state index in [1.165, 1.54) is 167 Å². The molecule has 81 heavy (non-hydrogen) atoms. The van der Waals surface area contributed by atoms with Gasteiger partial charge in [0, 0.05) is 19.4 Å². The maximum absolute atomic E-state index is 12.7. The molecule has 0 rings (SSSR count). The molecule has 0 amide bonds. The summed E-state index contributed by atoms with van der Waals surface area (Å²) in [6, 6.07) is 0. The number of esters is 2. The quantitative estimate of drug-likeness (QED) is 0.0264. The number of carbonyl (C=O) groups excluding carboxylic acids is 2. The van der Waals surface area contributed by atoms with Gasteiger partial charge in [0.1, 0.15) is 6.61 Å². The van der Waals surface area contributed by atoms with Crippen LogP contribution in [0, 0.1) is 0 Å². The van der Waals surface area contributed by atoms with Crippen LogP contribution in [0.3, 0.4) is 0 Å². The zero-order chi connectivity index (χ0) is 58.7. The van der Waals surface area contributed by atoms with Crippen LogP contribution in [0.5, 0.6) is 0 Å². The number of nitrogens with two attached hydrogens (primary N) is 1. The number of hydrogen-bond acceptors (Lipinski definition) is 8. The first-order chi connectivity index (χ1) is 39.8. The van der Waals surface area contributed by atoms with Gasteiger partial charge in [0.25, 0.3) is 0 Å².